The Labute approximate surface area is 100 Å². The van der Waals surface area contributed by atoms with Crippen LogP contribution in [-0.2, 0) is 0 Å². The largest absolute Gasteiger partial charge is 0.399 e. The number of rotatable bonds is 2. The van der Waals surface area contributed by atoms with E-state index in [2.05, 4.69) is 0 Å². The molecule has 0 saturated carbocycles. The third kappa shape index (κ3) is 3.25. The minimum absolute atomic E-state index is 0.111. The van der Waals surface area contributed by atoms with Gasteiger partial charge in [0.1, 0.15) is 4.90 Å². The molecule has 1 aromatic carbocycles. The third-order valence-electron chi connectivity index (χ3n) is 2.03. The van der Waals surface area contributed by atoms with Gasteiger partial charge in [0.05, 0.1) is 0 Å². The standard InChI is InChI=1S/C9H11F5N2OS/c1-16(2)9(17)6-3-7(15)5-8(4-6)18(10,11,12,13)14/h3-5H,15H2,1-2H3. The highest BCUT2D eigenvalue weighted by atomic mass is 32.5. The van der Waals surface area contributed by atoms with Crippen molar-refractivity contribution < 1.29 is 24.2 Å². The number of hydrogen-bond acceptors (Lipinski definition) is 2. The van der Waals surface area contributed by atoms with Crippen molar-refractivity contribution in [3.05, 3.63) is 23.8 Å². The summed E-state index contributed by atoms with van der Waals surface area (Å²) >= 11 is 0. The molecular formula is C9H11F5N2OS. The SMILES string of the molecule is CN(C)C(=O)c1cc(N)cc(S(F)(F)(F)(F)F)c1. The van der Waals surface area contributed by atoms with Crippen molar-refractivity contribution in [2.75, 3.05) is 19.8 Å². The van der Waals surface area contributed by atoms with E-state index < -0.39 is 32.3 Å². The van der Waals surface area contributed by atoms with Gasteiger partial charge in [0, 0.05) is 25.3 Å². The molecule has 104 valence electrons. The molecule has 0 aliphatic carbocycles. The van der Waals surface area contributed by atoms with Crippen LogP contribution in [0.15, 0.2) is 23.1 Å². The van der Waals surface area contributed by atoms with Gasteiger partial charge in [0.25, 0.3) is 5.91 Å². The van der Waals surface area contributed by atoms with Gasteiger partial charge in [-0.2, -0.15) is 0 Å². The average Bonchev–Trinajstić information content (AvgIpc) is 2.11. The number of anilines is 1. The molecule has 0 fully saturated rings. The van der Waals surface area contributed by atoms with Gasteiger partial charge in [-0.05, 0) is 18.2 Å². The van der Waals surface area contributed by atoms with Gasteiger partial charge in [-0.25, -0.2) is 0 Å². The number of nitrogens with two attached hydrogens (primary N) is 1. The molecule has 0 radical (unpaired) electrons. The van der Waals surface area contributed by atoms with E-state index >= 15 is 0 Å². The lowest BCUT2D eigenvalue weighted by atomic mass is 10.2. The molecule has 0 aromatic heterocycles. The summed E-state index contributed by atoms with van der Waals surface area (Å²) in [5, 5.41) is 0. The number of carbonyl (C=O) groups is 1. The van der Waals surface area contributed by atoms with E-state index in [-0.39, 0.29) is 12.1 Å². The Morgan fingerprint density at radius 2 is 1.61 bits per heavy atom. The molecule has 0 bridgehead atoms. The minimum atomic E-state index is -9.84. The summed E-state index contributed by atoms with van der Waals surface area (Å²) in [5.74, 6) is -0.842. The molecule has 0 spiro atoms. The highest BCUT2D eigenvalue weighted by Gasteiger charge is 2.65. The van der Waals surface area contributed by atoms with Crippen molar-refractivity contribution >= 4 is 21.8 Å². The second-order valence-corrected chi connectivity index (χ2v) is 6.37. The quantitative estimate of drug-likeness (QED) is 0.668. The van der Waals surface area contributed by atoms with Crippen LogP contribution in [0.2, 0.25) is 0 Å². The summed E-state index contributed by atoms with van der Waals surface area (Å²) in [6.07, 6.45) is 0. The predicted molar refractivity (Wildman–Crippen MR) is 60.3 cm³/mol. The van der Waals surface area contributed by atoms with Crippen LogP contribution in [0.1, 0.15) is 10.4 Å². The number of hydrogen-bond donors (Lipinski definition) is 1. The van der Waals surface area contributed by atoms with Crippen LogP contribution in [0.4, 0.5) is 25.1 Å². The van der Waals surface area contributed by atoms with Gasteiger partial charge in [-0.3, -0.25) is 4.79 Å². The van der Waals surface area contributed by atoms with Crippen LogP contribution in [-0.4, -0.2) is 24.9 Å². The lowest BCUT2D eigenvalue weighted by molar-refractivity contribution is 0.0827. The van der Waals surface area contributed by atoms with Gasteiger partial charge in [0.2, 0.25) is 0 Å². The highest BCUT2D eigenvalue weighted by molar-refractivity contribution is 8.45. The fourth-order valence-corrected chi connectivity index (χ4v) is 1.93. The third-order valence-corrected chi connectivity index (χ3v) is 3.15. The maximum atomic E-state index is 12.6. The summed E-state index contributed by atoms with van der Waals surface area (Å²) in [5.41, 5.74) is 4.04. The number of nitrogens with zero attached hydrogens (tertiary/aromatic N) is 1. The first kappa shape index (κ1) is 14.6. The van der Waals surface area contributed by atoms with E-state index in [1.165, 1.54) is 14.1 Å². The van der Waals surface area contributed by atoms with Gasteiger partial charge in [-0.1, -0.05) is 19.4 Å². The molecule has 0 saturated heterocycles. The van der Waals surface area contributed by atoms with Crippen molar-refractivity contribution in [1.29, 1.82) is 0 Å². The van der Waals surface area contributed by atoms with Gasteiger partial charge in [-0.15, -0.1) is 0 Å². The van der Waals surface area contributed by atoms with Crippen LogP contribution in [0.3, 0.4) is 0 Å². The maximum absolute atomic E-state index is 12.6. The fraction of sp³-hybridized carbons (Fsp3) is 0.222. The number of halogens is 5. The Kier molecular flexibility index (Phi) is 2.65. The molecule has 0 unspecified atom stereocenters. The first-order chi connectivity index (χ1) is 7.70. The molecule has 1 aromatic rings. The van der Waals surface area contributed by atoms with Crippen molar-refractivity contribution in [2.24, 2.45) is 0 Å². The molecule has 1 rings (SSSR count). The first-order valence-corrected chi connectivity index (χ1v) is 6.52. The second kappa shape index (κ2) is 3.28. The van der Waals surface area contributed by atoms with Crippen molar-refractivity contribution in [3.63, 3.8) is 0 Å². The van der Waals surface area contributed by atoms with Crippen LogP contribution in [0, 0.1) is 0 Å². The van der Waals surface area contributed by atoms with Gasteiger partial charge >= 0.3 is 10.2 Å². The molecule has 0 atom stereocenters. The summed E-state index contributed by atoms with van der Waals surface area (Å²) in [4.78, 5) is 10.3. The highest BCUT2D eigenvalue weighted by Crippen LogP contribution is 3.02. The number of carbonyl (C=O) groups excluding carboxylic acids is 1. The lowest BCUT2D eigenvalue weighted by Gasteiger charge is -2.40. The average molecular weight is 290 g/mol. The second-order valence-electron chi connectivity index (χ2n) is 3.96. The molecule has 0 aliphatic heterocycles. The van der Waals surface area contributed by atoms with Crippen LogP contribution in [0.25, 0.3) is 0 Å². The zero-order valence-electron chi connectivity index (χ0n) is 9.46. The smallest absolute Gasteiger partial charge is 0.310 e. The maximum Gasteiger partial charge on any atom is 0.310 e. The van der Waals surface area contributed by atoms with Crippen LogP contribution in [0.5, 0.6) is 0 Å². The number of amides is 1. The van der Waals surface area contributed by atoms with Crippen molar-refractivity contribution in [2.45, 2.75) is 4.90 Å². The zero-order chi connectivity index (χ0) is 14.4. The molecule has 9 heteroatoms. The fourth-order valence-electron chi connectivity index (χ4n) is 1.23. The minimum Gasteiger partial charge on any atom is -0.399 e. The van der Waals surface area contributed by atoms with Gasteiger partial charge < -0.3 is 10.6 Å². The zero-order valence-corrected chi connectivity index (χ0v) is 10.3. The van der Waals surface area contributed by atoms with Crippen molar-refractivity contribution in [3.8, 4) is 0 Å². The topological polar surface area (TPSA) is 46.3 Å². The molecule has 0 heterocycles. The Bertz CT molecular complexity index is 511. The van der Waals surface area contributed by atoms with Crippen LogP contribution >= 0.6 is 10.2 Å². The molecule has 0 aliphatic rings. The lowest BCUT2D eigenvalue weighted by Crippen LogP contribution is -2.22. The van der Waals surface area contributed by atoms with E-state index in [0.717, 1.165) is 11.0 Å². The molecular weight excluding hydrogens is 279 g/mol. The van der Waals surface area contributed by atoms with Gasteiger partial charge in [0.15, 0.2) is 0 Å². The van der Waals surface area contributed by atoms with Crippen molar-refractivity contribution in [1.82, 2.24) is 4.90 Å². The summed E-state index contributed by atoms with van der Waals surface area (Å²) in [6, 6.07) is 1.14. The molecule has 3 nitrogen and oxygen atoms in total. The Morgan fingerprint density at radius 3 is 2.00 bits per heavy atom. The molecule has 18 heavy (non-hydrogen) atoms. The monoisotopic (exact) mass is 290 g/mol. The Hall–Kier alpha value is -1.51. The summed E-state index contributed by atoms with van der Waals surface area (Å²) in [6.45, 7) is 0. The van der Waals surface area contributed by atoms with E-state index in [1.807, 2.05) is 0 Å². The van der Waals surface area contributed by atoms with E-state index in [1.54, 1.807) is 0 Å². The first-order valence-electron chi connectivity index (χ1n) is 4.57. The number of benzene rings is 1. The Balaban J connectivity index is 3.50. The Morgan fingerprint density at radius 1 is 1.11 bits per heavy atom. The van der Waals surface area contributed by atoms with Crippen LogP contribution < -0.4 is 5.73 Å². The summed E-state index contributed by atoms with van der Waals surface area (Å²) < 4.78 is 63.0. The molecule has 2 N–H and O–H groups in total. The van der Waals surface area contributed by atoms with E-state index in [4.69, 9.17) is 5.73 Å². The predicted octanol–water partition coefficient (Wildman–Crippen LogP) is 3.63. The van der Waals surface area contributed by atoms with E-state index in [9.17, 15) is 24.2 Å². The molecule has 1 amide bonds. The summed E-state index contributed by atoms with van der Waals surface area (Å²) in [7, 11) is -7.27. The van der Waals surface area contributed by atoms with E-state index in [0.29, 0.717) is 0 Å². The number of nitrogen functional groups attached to an aromatic ring is 1. The normalized spacial score (nSPS) is 15.7.